The lowest BCUT2D eigenvalue weighted by Gasteiger charge is -2.34. The molecule has 0 aliphatic carbocycles. The Morgan fingerprint density at radius 3 is 2.50 bits per heavy atom. The summed E-state index contributed by atoms with van der Waals surface area (Å²) in [6.45, 7) is 4.81. The van der Waals surface area contributed by atoms with Crippen molar-refractivity contribution >= 4 is 23.8 Å². The number of urea groups is 1. The lowest BCUT2D eigenvalue weighted by molar-refractivity contribution is -0.150. The van der Waals surface area contributed by atoms with Gasteiger partial charge in [-0.25, -0.2) is 4.79 Å². The van der Waals surface area contributed by atoms with Crippen molar-refractivity contribution in [3.8, 4) is 0 Å². The van der Waals surface area contributed by atoms with Crippen LogP contribution in [0, 0.1) is 5.41 Å². The van der Waals surface area contributed by atoms with Gasteiger partial charge in [-0.15, -0.1) is 0 Å². The van der Waals surface area contributed by atoms with Crippen LogP contribution in [0.2, 0.25) is 0 Å². The predicted molar refractivity (Wildman–Crippen MR) is 62.3 cm³/mol. The van der Waals surface area contributed by atoms with Crippen molar-refractivity contribution in [2.24, 2.45) is 5.41 Å². The Morgan fingerprint density at radius 1 is 1.33 bits per heavy atom. The van der Waals surface area contributed by atoms with Gasteiger partial charge in [-0.3, -0.25) is 24.6 Å². The van der Waals surface area contributed by atoms with Crippen LogP contribution in [-0.2, 0) is 14.4 Å². The zero-order valence-electron chi connectivity index (χ0n) is 10.7. The van der Waals surface area contributed by atoms with Crippen molar-refractivity contribution in [2.45, 2.75) is 27.2 Å². The van der Waals surface area contributed by atoms with Gasteiger partial charge in [0.15, 0.2) is 0 Å². The summed E-state index contributed by atoms with van der Waals surface area (Å²) in [5, 5.41) is 4.62. The monoisotopic (exact) mass is 255 g/mol. The Bertz CT molecular complexity index is 403. The van der Waals surface area contributed by atoms with Crippen LogP contribution in [0.1, 0.15) is 27.2 Å². The van der Waals surface area contributed by atoms with E-state index in [1.807, 2.05) is 6.92 Å². The zero-order valence-corrected chi connectivity index (χ0v) is 10.7. The average molecular weight is 255 g/mol. The quantitative estimate of drug-likeness (QED) is 0.669. The van der Waals surface area contributed by atoms with Crippen LogP contribution in [0.3, 0.4) is 0 Å². The van der Waals surface area contributed by atoms with E-state index in [0.717, 1.165) is 11.3 Å². The minimum absolute atomic E-state index is 0.374. The molecule has 2 N–H and O–H groups in total. The lowest BCUT2D eigenvalue weighted by Crippen LogP contribution is -2.63. The Hall–Kier alpha value is -1.92. The molecule has 5 amide bonds. The molecule has 1 rings (SSSR count). The fourth-order valence-electron chi connectivity index (χ4n) is 1.46. The van der Waals surface area contributed by atoms with Crippen molar-refractivity contribution in [3.63, 3.8) is 0 Å². The van der Waals surface area contributed by atoms with E-state index in [-0.39, 0.29) is 6.54 Å². The molecule has 1 saturated heterocycles. The van der Waals surface area contributed by atoms with E-state index in [1.165, 1.54) is 13.8 Å². The van der Waals surface area contributed by atoms with Crippen LogP contribution < -0.4 is 10.6 Å². The highest BCUT2D eigenvalue weighted by Gasteiger charge is 2.47. The summed E-state index contributed by atoms with van der Waals surface area (Å²) in [7, 11) is 0. The summed E-state index contributed by atoms with van der Waals surface area (Å²) in [6.07, 6.45) is 0.760. The standard InChI is InChI=1S/C11H17N3O4/c1-4-5-12-7(15)6-14-9(17)11(2,3)8(16)13-10(14)18/h4-6H2,1-3H3,(H,12,15)(H,13,16,18). The van der Waals surface area contributed by atoms with Crippen LogP contribution in [0.25, 0.3) is 0 Å². The van der Waals surface area contributed by atoms with Gasteiger partial charge in [0.05, 0.1) is 0 Å². The van der Waals surface area contributed by atoms with Gasteiger partial charge in [-0.2, -0.15) is 0 Å². The summed E-state index contributed by atoms with van der Waals surface area (Å²) >= 11 is 0. The number of nitrogens with zero attached hydrogens (tertiary/aromatic N) is 1. The van der Waals surface area contributed by atoms with Gasteiger partial charge in [0.2, 0.25) is 17.7 Å². The lowest BCUT2D eigenvalue weighted by atomic mass is 9.89. The molecule has 0 aromatic carbocycles. The summed E-state index contributed by atoms with van der Waals surface area (Å²) in [5.41, 5.74) is -1.33. The highest BCUT2D eigenvalue weighted by molar-refractivity contribution is 6.19. The molecule has 100 valence electrons. The van der Waals surface area contributed by atoms with Gasteiger partial charge < -0.3 is 5.32 Å². The van der Waals surface area contributed by atoms with Gasteiger partial charge in [-0.1, -0.05) is 6.92 Å². The molecule has 1 aliphatic heterocycles. The third kappa shape index (κ3) is 2.66. The molecule has 18 heavy (non-hydrogen) atoms. The molecule has 1 aliphatic rings. The van der Waals surface area contributed by atoms with E-state index in [4.69, 9.17) is 0 Å². The van der Waals surface area contributed by atoms with E-state index < -0.39 is 29.2 Å². The fraction of sp³-hybridized carbons (Fsp3) is 0.636. The molecule has 0 bridgehead atoms. The first-order valence-electron chi connectivity index (χ1n) is 5.74. The molecule has 7 nitrogen and oxygen atoms in total. The van der Waals surface area contributed by atoms with Crippen LogP contribution >= 0.6 is 0 Å². The van der Waals surface area contributed by atoms with Crippen molar-refractivity contribution in [1.82, 2.24) is 15.5 Å². The number of amides is 5. The van der Waals surface area contributed by atoms with Crippen molar-refractivity contribution in [1.29, 1.82) is 0 Å². The summed E-state index contributed by atoms with van der Waals surface area (Å²) < 4.78 is 0. The Balaban J connectivity index is 2.76. The maximum Gasteiger partial charge on any atom is 0.331 e. The second kappa shape index (κ2) is 5.16. The molecule has 0 aromatic heterocycles. The molecule has 0 atom stereocenters. The molecule has 7 heteroatoms. The van der Waals surface area contributed by atoms with Crippen LogP contribution in [-0.4, -0.2) is 41.7 Å². The number of nitrogens with one attached hydrogen (secondary N) is 2. The molecule has 0 radical (unpaired) electrons. The first-order chi connectivity index (χ1) is 8.30. The Kier molecular flexibility index (Phi) is 4.05. The first-order valence-corrected chi connectivity index (χ1v) is 5.74. The first kappa shape index (κ1) is 14.1. The van der Waals surface area contributed by atoms with Gasteiger partial charge in [-0.05, 0) is 20.3 Å². The smallest absolute Gasteiger partial charge is 0.331 e. The SMILES string of the molecule is CCCNC(=O)CN1C(=O)NC(=O)C(C)(C)C1=O. The summed E-state index contributed by atoms with van der Waals surface area (Å²) in [6, 6.07) is -0.851. The minimum atomic E-state index is -1.33. The number of rotatable bonds is 4. The second-order valence-corrected chi connectivity index (χ2v) is 4.63. The van der Waals surface area contributed by atoms with E-state index in [2.05, 4.69) is 10.6 Å². The molecule has 1 heterocycles. The Morgan fingerprint density at radius 2 is 1.94 bits per heavy atom. The second-order valence-electron chi connectivity index (χ2n) is 4.63. The molecule has 1 fully saturated rings. The van der Waals surface area contributed by atoms with E-state index in [9.17, 15) is 19.2 Å². The van der Waals surface area contributed by atoms with Crippen LogP contribution in [0.5, 0.6) is 0 Å². The van der Waals surface area contributed by atoms with E-state index >= 15 is 0 Å². The highest BCUT2D eigenvalue weighted by atomic mass is 16.2. The highest BCUT2D eigenvalue weighted by Crippen LogP contribution is 2.22. The van der Waals surface area contributed by atoms with Gasteiger partial charge >= 0.3 is 6.03 Å². The molecular formula is C11H17N3O4. The third-order valence-electron chi connectivity index (χ3n) is 2.69. The Labute approximate surface area is 105 Å². The normalized spacial score (nSPS) is 18.6. The maximum absolute atomic E-state index is 11.9. The van der Waals surface area contributed by atoms with Crippen LogP contribution in [0.4, 0.5) is 4.79 Å². The van der Waals surface area contributed by atoms with Crippen molar-refractivity contribution in [2.75, 3.05) is 13.1 Å². The molecule has 0 aromatic rings. The molecule has 0 saturated carbocycles. The number of hydrogen-bond donors (Lipinski definition) is 2. The number of hydrogen-bond acceptors (Lipinski definition) is 4. The van der Waals surface area contributed by atoms with Gasteiger partial charge in [0, 0.05) is 6.54 Å². The molecular weight excluding hydrogens is 238 g/mol. The number of carbonyl (C=O) groups is 4. The maximum atomic E-state index is 11.9. The van der Waals surface area contributed by atoms with E-state index in [0.29, 0.717) is 6.54 Å². The predicted octanol–water partition coefficient (Wildman–Crippen LogP) is -0.383. The summed E-state index contributed by atoms with van der Waals surface area (Å²) in [5.74, 6) is -1.74. The number of carbonyl (C=O) groups excluding carboxylic acids is 4. The molecule has 0 spiro atoms. The van der Waals surface area contributed by atoms with Crippen molar-refractivity contribution in [3.05, 3.63) is 0 Å². The zero-order chi connectivity index (χ0) is 13.9. The van der Waals surface area contributed by atoms with Crippen LogP contribution in [0.15, 0.2) is 0 Å². The van der Waals surface area contributed by atoms with Crippen molar-refractivity contribution < 1.29 is 19.2 Å². The van der Waals surface area contributed by atoms with Gasteiger partial charge in [0.25, 0.3) is 0 Å². The van der Waals surface area contributed by atoms with E-state index in [1.54, 1.807) is 0 Å². The summed E-state index contributed by atoms with van der Waals surface area (Å²) in [4.78, 5) is 47.1. The minimum Gasteiger partial charge on any atom is -0.355 e. The number of barbiturate groups is 1. The molecule has 0 unspecified atom stereocenters. The third-order valence-corrected chi connectivity index (χ3v) is 2.69. The van der Waals surface area contributed by atoms with Gasteiger partial charge in [0.1, 0.15) is 12.0 Å². The fourth-order valence-corrected chi connectivity index (χ4v) is 1.46. The topological polar surface area (TPSA) is 95.6 Å². The number of imide groups is 2. The average Bonchev–Trinajstić information content (AvgIpc) is 2.30. The largest absolute Gasteiger partial charge is 0.355 e.